The molecule has 0 saturated carbocycles. The predicted octanol–water partition coefficient (Wildman–Crippen LogP) is 4.16. The fourth-order valence-electron chi connectivity index (χ4n) is 2.59. The van der Waals surface area contributed by atoms with E-state index in [1.807, 2.05) is 12.4 Å². The van der Waals surface area contributed by atoms with Crippen LogP contribution in [0.15, 0.2) is 36.7 Å². The Hall–Kier alpha value is -1.94. The van der Waals surface area contributed by atoms with E-state index in [-0.39, 0.29) is 5.41 Å². The Morgan fingerprint density at radius 3 is 2.76 bits per heavy atom. The molecule has 0 aliphatic heterocycles. The molecule has 0 atom stereocenters. The maximum atomic E-state index is 5.94. The normalized spacial score (nSPS) is 12.0. The number of anilines is 1. The van der Waals surface area contributed by atoms with Crippen molar-refractivity contribution in [2.75, 3.05) is 5.73 Å². The molecule has 2 heterocycles. The Morgan fingerprint density at radius 2 is 2.00 bits per heavy atom. The van der Waals surface area contributed by atoms with E-state index in [0.29, 0.717) is 5.13 Å². The van der Waals surface area contributed by atoms with Gasteiger partial charge < -0.3 is 5.73 Å². The molecule has 0 bridgehead atoms. The molecule has 3 aromatic rings. The largest absolute Gasteiger partial charge is 0.375 e. The minimum atomic E-state index is 0.00952. The zero-order valence-corrected chi connectivity index (χ0v) is 13.4. The Labute approximate surface area is 128 Å². The number of nitrogens with zero attached hydrogens (tertiary/aromatic N) is 2. The number of pyridine rings is 1. The second kappa shape index (κ2) is 5.11. The summed E-state index contributed by atoms with van der Waals surface area (Å²) >= 11 is 1.60. The summed E-state index contributed by atoms with van der Waals surface area (Å²) in [4.78, 5) is 9.99. The van der Waals surface area contributed by atoms with Crippen molar-refractivity contribution in [1.82, 2.24) is 9.97 Å². The van der Waals surface area contributed by atoms with Gasteiger partial charge in [-0.15, -0.1) is 11.3 Å². The summed E-state index contributed by atoms with van der Waals surface area (Å²) in [7, 11) is 0. The molecular formula is C17H19N3S. The number of nitrogen functional groups attached to an aromatic ring is 1. The summed E-state index contributed by atoms with van der Waals surface area (Å²) in [6.07, 6.45) is 4.62. The van der Waals surface area contributed by atoms with Gasteiger partial charge in [0.15, 0.2) is 5.13 Å². The van der Waals surface area contributed by atoms with Crippen LogP contribution in [0.25, 0.3) is 10.8 Å². The van der Waals surface area contributed by atoms with E-state index < -0.39 is 0 Å². The molecule has 0 fully saturated rings. The lowest BCUT2D eigenvalue weighted by Gasteiger charge is -2.17. The van der Waals surface area contributed by atoms with Crippen LogP contribution in [0.1, 0.15) is 36.9 Å². The zero-order chi connectivity index (χ0) is 15.0. The van der Waals surface area contributed by atoms with Gasteiger partial charge in [0.25, 0.3) is 0 Å². The van der Waals surface area contributed by atoms with E-state index in [2.05, 4.69) is 55.0 Å². The Morgan fingerprint density at radius 1 is 1.19 bits per heavy atom. The van der Waals surface area contributed by atoms with Crippen molar-refractivity contribution >= 4 is 27.2 Å². The number of benzene rings is 1. The number of hydrogen-bond acceptors (Lipinski definition) is 4. The molecule has 0 amide bonds. The molecule has 2 aromatic heterocycles. The summed E-state index contributed by atoms with van der Waals surface area (Å²) in [6, 6.07) is 8.43. The minimum Gasteiger partial charge on any atom is -0.375 e. The van der Waals surface area contributed by atoms with Gasteiger partial charge in [-0.05, 0) is 17.0 Å². The summed E-state index contributed by atoms with van der Waals surface area (Å²) in [5.41, 5.74) is 8.35. The highest BCUT2D eigenvalue weighted by atomic mass is 32.1. The van der Waals surface area contributed by atoms with Crippen molar-refractivity contribution in [3.8, 4) is 0 Å². The standard InChI is InChI=1S/C17H19N3S/c1-17(2,3)15-14(21-16(18)20-15)9-11-5-4-6-12-10-19-8-7-13(11)12/h4-8,10H,9H2,1-3H3,(H2,18,20). The first-order chi connectivity index (χ1) is 9.95. The molecule has 4 heteroatoms. The second-order valence-corrected chi connectivity index (χ2v) is 7.38. The maximum Gasteiger partial charge on any atom is 0.180 e. The third-order valence-corrected chi connectivity index (χ3v) is 4.43. The van der Waals surface area contributed by atoms with Crippen molar-refractivity contribution in [3.05, 3.63) is 52.8 Å². The van der Waals surface area contributed by atoms with Crippen LogP contribution in [0.5, 0.6) is 0 Å². The van der Waals surface area contributed by atoms with Crippen molar-refractivity contribution in [2.45, 2.75) is 32.6 Å². The highest BCUT2D eigenvalue weighted by Crippen LogP contribution is 2.33. The zero-order valence-electron chi connectivity index (χ0n) is 12.6. The SMILES string of the molecule is CC(C)(C)c1nc(N)sc1Cc1cccc2cnccc12. The van der Waals surface area contributed by atoms with E-state index in [9.17, 15) is 0 Å². The highest BCUT2D eigenvalue weighted by molar-refractivity contribution is 7.15. The molecular weight excluding hydrogens is 278 g/mol. The van der Waals surface area contributed by atoms with Gasteiger partial charge in [-0.1, -0.05) is 39.0 Å². The molecule has 0 radical (unpaired) electrons. The van der Waals surface area contributed by atoms with Crippen molar-refractivity contribution in [1.29, 1.82) is 0 Å². The van der Waals surface area contributed by atoms with Crippen LogP contribution in [0, 0.1) is 0 Å². The number of fused-ring (bicyclic) bond motifs is 1. The summed E-state index contributed by atoms with van der Waals surface area (Å²) in [5, 5.41) is 3.07. The van der Waals surface area contributed by atoms with Gasteiger partial charge in [0.2, 0.25) is 0 Å². The maximum absolute atomic E-state index is 5.94. The molecule has 2 N–H and O–H groups in total. The molecule has 0 unspecified atom stereocenters. The fraction of sp³-hybridized carbons (Fsp3) is 0.294. The number of hydrogen-bond donors (Lipinski definition) is 1. The fourth-order valence-corrected chi connectivity index (χ4v) is 3.66. The highest BCUT2D eigenvalue weighted by Gasteiger charge is 2.23. The van der Waals surface area contributed by atoms with Gasteiger partial charge in [-0.25, -0.2) is 4.98 Å². The van der Waals surface area contributed by atoms with Crippen LogP contribution < -0.4 is 5.73 Å². The molecule has 0 aliphatic rings. The first kappa shape index (κ1) is 14.0. The molecule has 1 aromatic carbocycles. The van der Waals surface area contributed by atoms with Gasteiger partial charge in [0.05, 0.1) is 5.69 Å². The topological polar surface area (TPSA) is 51.8 Å². The average Bonchev–Trinajstić information content (AvgIpc) is 2.80. The quantitative estimate of drug-likeness (QED) is 0.772. The predicted molar refractivity (Wildman–Crippen MR) is 89.8 cm³/mol. The molecule has 0 saturated heterocycles. The lowest BCUT2D eigenvalue weighted by atomic mass is 9.89. The summed E-state index contributed by atoms with van der Waals surface area (Å²) in [6.45, 7) is 6.54. The molecule has 3 rings (SSSR count). The van der Waals surface area contributed by atoms with Crippen LogP contribution >= 0.6 is 11.3 Å². The smallest absolute Gasteiger partial charge is 0.180 e. The molecule has 21 heavy (non-hydrogen) atoms. The van der Waals surface area contributed by atoms with Crippen LogP contribution in [-0.2, 0) is 11.8 Å². The van der Waals surface area contributed by atoms with Crippen molar-refractivity contribution in [2.24, 2.45) is 0 Å². The Kier molecular flexibility index (Phi) is 3.41. The van der Waals surface area contributed by atoms with Gasteiger partial charge in [0.1, 0.15) is 0 Å². The number of rotatable bonds is 2. The van der Waals surface area contributed by atoms with Gasteiger partial charge in [0, 0.05) is 34.5 Å². The lowest BCUT2D eigenvalue weighted by Crippen LogP contribution is -2.14. The molecule has 3 nitrogen and oxygen atoms in total. The van der Waals surface area contributed by atoms with Gasteiger partial charge in [-0.3, -0.25) is 4.98 Å². The van der Waals surface area contributed by atoms with E-state index in [1.165, 1.54) is 21.2 Å². The van der Waals surface area contributed by atoms with E-state index in [1.54, 1.807) is 11.3 Å². The van der Waals surface area contributed by atoms with Gasteiger partial charge in [-0.2, -0.15) is 0 Å². The first-order valence-corrected chi connectivity index (χ1v) is 7.84. The number of nitrogens with two attached hydrogens (primary N) is 1. The Bertz CT molecular complexity index is 779. The lowest BCUT2D eigenvalue weighted by molar-refractivity contribution is 0.568. The van der Waals surface area contributed by atoms with E-state index in [4.69, 9.17) is 5.73 Å². The third-order valence-electron chi connectivity index (χ3n) is 3.55. The first-order valence-electron chi connectivity index (χ1n) is 7.02. The monoisotopic (exact) mass is 297 g/mol. The number of aromatic nitrogens is 2. The molecule has 108 valence electrons. The third kappa shape index (κ3) is 2.76. The van der Waals surface area contributed by atoms with Crippen LogP contribution in [0.2, 0.25) is 0 Å². The molecule has 0 spiro atoms. The van der Waals surface area contributed by atoms with Crippen LogP contribution in [0.4, 0.5) is 5.13 Å². The average molecular weight is 297 g/mol. The van der Waals surface area contributed by atoms with Crippen LogP contribution in [-0.4, -0.2) is 9.97 Å². The van der Waals surface area contributed by atoms with Crippen molar-refractivity contribution < 1.29 is 0 Å². The molecule has 0 aliphatic carbocycles. The summed E-state index contributed by atoms with van der Waals surface area (Å²) < 4.78 is 0. The Balaban J connectivity index is 2.07. The number of thiazole rings is 1. The summed E-state index contributed by atoms with van der Waals surface area (Å²) in [5.74, 6) is 0. The van der Waals surface area contributed by atoms with E-state index in [0.717, 1.165) is 12.1 Å². The van der Waals surface area contributed by atoms with Gasteiger partial charge >= 0.3 is 0 Å². The van der Waals surface area contributed by atoms with E-state index >= 15 is 0 Å². The second-order valence-electron chi connectivity index (χ2n) is 6.26. The van der Waals surface area contributed by atoms with Crippen molar-refractivity contribution in [3.63, 3.8) is 0 Å². The minimum absolute atomic E-state index is 0.00952. The van der Waals surface area contributed by atoms with Crippen LogP contribution in [0.3, 0.4) is 0 Å².